The van der Waals surface area contributed by atoms with Gasteiger partial charge in [-0.3, -0.25) is 10.3 Å². The van der Waals surface area contributed by atoms with Crippen molar-refractivity contribution in [2.45, 2.75) is 20.4 Å². The normalized spacial score (nSPS) is 10.9. The van der Waals surface area contributed by atoms with E-state index in [4.69, 9.17) is 15.9 Å². The van der Waals surface area contributed by atoms with Crippen molar-refractivity contribution in [1.82, 2.24) is 4.90 Å². The molecule has 4 nitrogen and oxygen atoms in total. The Labute approximate surface area is 113 Å². The van der Waals surface area contributed by atoms with Crippen LogP contribution in [0, 0.1) is 11.2 Å². The fourth-order valence-corrected chi connectivity index (χ4v) is 1.84. The maximum atomic E-state index is 13.5. The Morgan fingerprint density at radius 1 is 1.37 bits per heavy atom. The first-order valence-electron chi connectivity index (χ1n) is 6.50. The number of nitrogen functional groups attached to an aromatic ring is 1. The molecular formula is C14H22FN3O. The molecule has 0 amide bonds. The summed E-state index contributed by atoms with van der Waals surface area (Å²) in [6, 6.07) is 4.52. The molecule has 0 bridgehead atoms. The number of amidine groups is 1. The van der Waals surface area contributed by atoms with Crippen molar-refractivity contribution in [2.24, 2.45) is 5.73 Å². The van der Waals surface area contributed by atoms with Crippen LogP contribution in [0.5, 0.6) is 0 Å². The molecule has 3 N–H and O–H groups in total. The molecule has 0 unspecified atom stereocenters. The first-order valence-corrected chi connectivity index (χ1v) is 6.50. The number of nitrogens with one attached hydrogen (secondary N) is 1. The molecule has 0 aliphatic rings. The van der Waals surface area contributed by atoms with Gasteiger partial charge in [-0.2, -0.15) is 0 Å². The van der Waals surface area contributed by atoms with Gasteiger partial charge in [0.15, 0.2) is 0 Å². The van der Waals surface area contributed by atoms with Gasteiger partial charge in [-0.15, -0.1) is 0 Å². The number of ether oxygens (including phenoxy) is 1. The molecule has 1 rings (SSSR count). The molecule has 0 heterocycles. The highest BCUT2D eigenvalue weighted by Crippen LogP contribution is 2.11. The lowest BCUT2D eigenvalue weighted by Crippen LogP contribution is -2.27. The molecule has 0 spiro atoms. The second kappa shape index (κ2) is 7.86. The molecule has 0 aromatic heterocycles. The number of hydrogen-bond acceptors (Lipinski definition) is 3. The van der Waals surface area contributed by atoms with E-state index < -0.39 is 0 Å². The molecule has 0 atom stereocenters. The second-order valence-electron chi connectivity index (χ2n) is 4.33. The standard InChI is InChI=1S/C14H22FN3O/c1-3-18(5-6-19-4-2)10-11-7-12(14(16)17)9-13(15)8-11/h7-9H,3-6,10H2,1-2H3,(H3,16,17). The average molecular weight is 267 g/mol. The third kappa shape index (κ3) is 5.36. The second-order valence-corrected chi connectivity index (χ2v) is 4.33. The first kappa shape index (κ1) is 15.6. The first-order chi connectivity index (χ1) is 9.06. The van der Waals surface area contributed by atoms with Gasteiger partial charge < -0.3 is 10.5 Å². The maximum Gasteiger partial charge on any atom is 0.124 e. The average Bonchev–Trinajstić information content (AvgIpc) is 2.37. The van der Waals surface area contributed by atoms with E-state index in [0.717, 1.165) is 18.7 Å². The number of rotatable bonds is 8. The van der Waals surface area contributed by atoms with Crippen LogP contribution < -0.4 is 5.73 Å². The Kier molecular flexibility index (Phi) is 6.45. The van der Waals surface area contributed by atoms with E-state index in [0.29, 0.717) is 25.3 Å². The highest BCUT2D eigenvalue weighted by molar-refractivity contribution is 5.95. The minimum atomic E-state index is -0.358. The topological polar surface area (TPSA) is 62.3 Å². The van der Waals surface area contributed by atoms with Crippen molar-refractivity contribution < 1.29 is 9.13 Å². The highest BCUT2D eigenvalue weighted by Gasteiger charge is 2.07. The zero-order chi connectivity index (χ0) is 14.3. The predicted molar refractivity (Wildman–Crippen MR) is 74.9 cm³/mol. The number of nitrogens with zero attached hydrogens (tertiary/aromatic N) is 1. The van der Waals surface area contributed by atoms with E-state index in [1.54, 1.807) is 6.07 Å². The van der Waals surface area contributed by atoms with Gasteiger partial charge in [0.2, 0.25) is 0 Å². The molecule has 0 aliphatic carbocycles. The highest BCUT2D eigenvalue weighted by atomic mass is 19.1. The minimum Gasteiger partial charge on any atom is -0.384 e. The Hall–Kier alpha value is -1.46. The van der Waals surface area contributed by atoms with E-state index >= 15 is 0 Å². The smallest absolute Gasteiger partial charge is 0.124 e. The van der Waals surface area contributed by atoms with E-state index in [-0.39, 0.29) is 11.7 Å². The van der Waals surface area contributed by atoms with Crippen LogP contribution >= 0.6 is 0 Å². The number of halogens is 1. The maximum absolute atomic E-state index is 13.5. The molecule has 5 heteroatoms. The van der Waals surface area contributed by atoms with Gasteiger partial charge in [-0.1, -0.05) is 6.92 Å². The quantitative estimate of drug-likeness (QED) is 0.430. The van der Waals surface area contributed by atoms with Crippen molar-refractivity contribution in [1.29, 1.82) is 5.41 Å². The monoisotopic (exact) mass is 267 g/mol. The van der Waals surface area contributed by atoms with Crippen LogP contribution in [-0.4, -0.2) is 37.0 Å². The summed E-state index contributed by atoms with van der Waals surface area (Å²) in [5.41, 5.74) is 6.65. The molecule has 19 heavy (non-hydrogen) atoms. The zero-order valence-electron chi connectivity index (χ0n) is 11.6. The molecule has 1 aromatic rings. The Bertz CT molecular complexity index is 423. The minimum absolute atomic E-state index is 0.113. The van der Waals surface area contributed by atoms with Gasteiger partial charge in [0.1, 0.15) is 11.7 Å². The SMILES string of the molecule is CCOCCN(CC)Cc1cc(F)cc(C(=N)N)c1. The summed E-state index contributed by atoms with van der Waals surface area (Å²) in [5.74, 6) is -0.471. The van der Waals surface area contributed by atoms with Crippen molar-refractivity contribution in [3.05, 3.63) is 35.1 Å². The third-order valence-corrected chi connectivity index (χ3v) is 2.88. The van der Waals surface area contributed by atoms with E-state index in [2.05, 4.69) is 11.8 Å². The number of benzene rings is 1. The molecule has 0 saturated carbocycles. The van der Waals surface area contributed by atoms with E-state index in [9.17, 15) is 4.39 Å². The van der Waals surface area contributed by atoms with Crippen LogP contribution in [0.25, 0.3) is 0 Å². The van der Waals surface area contributed by atoms with E-state index in [1.165, 1.54) is 12.1 Å². The lowest BCUT2D eigenvalue weighted by molar-refractivity contribution is 0.113. The van der Waals surface area contributed by atoms with Crippen LogP contribution in [-0.2, 0) is 11.3 Å². The van der Waals surface area contributed by atoms with Gasteiger partial charge in [0.05, 0.1) is 6.61 Å². The number of likely N-dealkylation sites (N-methyl/N-ethyl adjacent to an activating group) is 1. The fraction of sp³-hybridized carbons (Fsp3) is 0.500. The summed E-state index contributed by atoms with van der Waals surface area (Å²) < 4.78 is 18.8. The lowest BCUT2D eigenvalue weighted by atomic mass is 10.1. The lowest BCUT2D eigenvalue weighted by Gasteiger charge is -2.20. The Balaban J connectivity index is 2.70. The summed E-state index contributed by atoms with van der Waals surface area (Å²) in [5, 5.41) is 7.37. The van der Waals surface area contributed by atoms with Crippen molar-refractivity contribution in [3.63, 3.8) is 0 Å². The number of nitrogens with two attached hydrogens (primary N) is 1. The predicted octanol–water partition coefficient (Wildman–Crippen LogP) is 1.97. The van der Waals surface area contributed by atoms with Gasteiger partial charge in [-0.25, -0.2) is 4.39 Å². The van der Waals surface area contributed by atoms with Gasteiger partial charge in [0, 0.05) is 25.3 Å². The summed E-state index contributed by atoms with van der Waals surface area (Å²) in [6.45, 7) is 7.67. The summed E-state index contributed by atoms with van der Waals surface area (Å²) in [6.07, 6.45) is 0. The van der Waals surface area contributed by atoms with Gasteiger partial charge in [-0.05, 0) is 37.2 Å². The van der Waals surface area contributed by atoms with Crippen LogP contribution in [0.1, 0.15) is 25.0 Å². The van der Waals surface area contributed by atoms with Crippen LogP contribution in [0.15, 0.2) is 18.2 Å². The van der Waals surface area contributed by atoms with Crippen molar-refractivity contribution in [2.75, 3.05) is 26.3 Å². The molecular weight excluding hydrogens is 245 g/mol. The Morgan fingerprint density at radius 2 is 2.11 bits per heavy atom. The molecule has 0 saturated heterocycles. The van der Waals surface area contributed by atoms with E-state index in [1.807, 2.05) is 6.92 Å². The third-order valence-electron chi connectivity index (χ3n) is 2.88. The summed E-state index contributed by atoms with van der Waals surface area (Å²) in [7, 11) is 0. The van der Waals surface area contributed by atoms with Crippen LogP contribution in [0.3, 0.4) is 0 Å². The number of hydrogen-bond donors (Lipinski definition) is 2. The zero-order valence-corrected chi connectivity index (χ0v) is 11.6. The molecule has 0 aliphatic heterocycles. The largest absolute Gasteiger partial charge is 0.384 e. The fourth-order valence-electron chi connectivity index (χ4n) is 1.84. The molecule has 0 fully saturated rings. The summed E-state index contributed by atoms with van der Waals surface area (Å²) >= 11 is 0. The van der Waals surface area contributed by atoms with Gasteiger partial charge >= 0.3 is 0 Å². The molecule has 0 radical (unpaired) electrons. The molecule has 106 valence electrons. The Morgan fingerprint density at radius 3 is 2.68 bits per heavy atom. The molecule has 1 aromatic carbocycles. The van der Waals surface area contributed by atoms with Crippen molar-refractivity contribution >= 4 is 5.84 Å². The van der Waals surface area contributed by atoms with Crippen LogP contribution in [0.2, 0.25) is 0 Å². The summed E-state index contributed by atoms with van der Waals surface area (Å²) in [4.78, 5) is 2.16. The van der Waals surface area contributed by atoms with Crippen LogP contribution in [0.4, 0.5) is 4.39 Å². The van der Waals surface area contributed by atoms with Crippen molar-refractivity contribution in [3.8, 4) is 0 Å². The van der Waals surface area contributed by atoms with Gasteiger partial charge in [0.25, 0.3) is 0 Å².